The predicted octanol–water partition coefficient (Wildman–Crippen LogP) is 2.60. The number of hydrogen-bond donors (Lipinski definition) is 1. The van der Waals surface area contributed by atoms with Crippen LogP contribution in [-0.2, 0) is 0 Å². The maximum atomic E-state index is 5.40. The van der Waals surface area contributed by atoms with Crippen LogP contribution in [0.1, 0.15) is 25.3 Å². The average Bonchev–Trinajstić information content (AvgIpc) is 2.17. The number of nitrogens with zero attached hydrogens (tertiary/aromatic N) is 1. The molecule has 1 aromatic rings. The van der Waals surface area contributed by atoms with Crippen LogP contribution in [0.4, 0.5) is 5.82 Å². The lowest BCUT2D eigenvalue weighted by Gasteiger charge is -2.12. The van der Waals surface area contributed by atoms with Crippen molar-refractivity contribution in [3.05, 3.63) is 23.9 Å². The van der Waals surface area contributed by atoms with Crippen molar-refractivity contribution >= 4 is 5.82 Å². The van der Waals surface area contributed by atoms with E-state index in [0.717, 1.165) is 18.7 Å². The lowest BCUT2D eigenvalue weighted by molar-refractivity contribution is 0.752. The Labute approximate surface area is 85.8 Å². The number of aryl methyl sites for hydroxylation is 1. The monoisotopic (exact) mass is 188 g/mol. The van der Waals surface area contributed by atoms with Crippen molar-refractivity contribution in [2.24, 2.45) is 0 Å². The Morgan fingerprint density at radius 3 is 3.00 bits per heavy atom. The van der Waals surface area contributed by atoms with Gasteiger partial charge in [0.15, 0.2) is 0 Å². The van der Waals surface area contributed by atoms with Crippen LogP contribution in [0.25, 0.3) is 0 Å². The molecule has 0 aliphatic rings. The van der Waals surface area contributed by atoms with Crippen molar-refractivity contribution in [1.29, 1.82) is 0 Å². The Balaban J connectivity index is 2.63. The van der Waals surface area contributed by atoms with Gasteiger partial charge >= 0.3 is 0 Å². The van der Waals surface area contributed by atoms with Gasteiger partial charge in [-0.25, -0.2) is 4.98 Å². The first kappa shape index (κ1) is 10.6. The largest absolute Gasteiger partial charge is 0.356 e. The quantitative estimate of drug-likeness (QED) is 0.735. The zero-order valence-electron chi connectivity index (χ0n) is 8.75. The summed E-state index contributed by atoms with van der Waals surface area (Å²) in [7, 11) is 0. The van der Waals surface area contributed by atoms with E-state index in [9.17, 15) is 0 Å². The Hall–Kier alpha value is -1.49. The Morgan fingerprint density at radius 2 is 2.43 bits per heavy atom. The lowest BCUT2D eigenvalue weighted by Crippen LogP contribution is -2.17. The van der Waals surface area contributed by atoms with Crippen molar-refractivity contribution in [2.75, 3.05) is 5.32 Å². The molecule has 0 aromatic carbocycles. The maximum Gasteiger partial charge on any atom is 0.127 e. The Kier molecular flexibility index (Phi) is 4.00. The summed E-state index contributed by atoms with van der Waals surface area (Å²) in [6.45, 7) is 4.16. The molecule has 0 aliphatic heterocycles. The van der Waals surface area contributed by atoms with Crippen LogP contribution < -0.4 is 5.32 Å². The first-order chi connectivity index (χ1) is 6.76. The summed E-state index contributed by atoms with van der Waals surface area (Å²) >= 11 is 0. The molecule has 1 rings (SSSR count). The second kappa shape index (κ2) is 5.29. The summed E-state index contributed by atoms with van der Waals surface area (Å²) in [6, 6.07) is 4.06. The third kappa shape index (κ3) is 3.10. The van der Waals surface area contributed by atoms with E-state index in [4.69, 9.17) is 6.42 Å². The molecule has 2 nitrogen and oxygen atoms in total. The second-order valence-electron chi connectivity index (χ2n) is 3.37. The van der Waals surface area contributed by atoms with Gasteiger partial charge in [0, 0.05) is 6.20 Å². The molecule has 0 spiro atoms. The Morgan fingerprint density at radius 1 is 1.64 bits per heavy atom. The van der Waals surface area contributed by atoms with Gasteiger partial charge in [0.1, 0.15) is 5.82 Å². The third-order valence-corrected chi connectivity index (χ3v) is 2.02. The smallest absolute Gasteiger partial charge is 0.127 e. The highest BCUT2D eigenvalue weighted by atomic mass is 15.0. The van der Waals surface area contributed by atoms with E-state index in [-0.39, 0.29) is 6.04 Å². The molecule has 0 amide bonds. The minimum absolute atomic E-state index is 0.0919. The molecule has 0 saturated heterocycles. The molecule has 1 unspecified atom stereocenters. The summed E-state index contributed by atoms with van der Waals surface area (Å²) in [5, 5.41) is 3.22. The molecule has 14 heavy (non-hydrogen) atoms. The molecule has 1 N–H and O–H groups in total. The van der Waals surface area contributed by atoms with E-state index in [0.29, 0.717) is 0 Å². The molecular formula is C12H16N2. The van der Waals surface area contributed by atoms with Crippen molar-refractivity contribution in [1.82, 2.24) is 4.98 Å². The second-order valence-corrected chi connectivity index (χ2v) is 3.37. The van der Waals surface area contributed by atoms with E-state index >= 15 is 0 Å². The molecular weight excluding hydrogens is 172 g/mol. The van der Waals surface area contributed by atoms with E-state index < -0.39 is 0 Å². The SMILES string of the molecule is C#CC(CCC)Nc1cc(C)ccn1. The zero-order valence-corrected chi connectivity index (χ0v) is 8.75. The first-order valence-electron chi connectivity index (χ1n) is 4.91. The van der Waals surface area contributed by atoms with Crippen LogP contribution in [0.15, 0.2) is 18.3 Å². The van der Waals surface area contributed by atoms with Crippen LogP contribution in [0.5, 0.6) is 0 Å². The summed E-state index contributed by atoms with van der Waals surface area (Å²) in [4.78, 5) is 4.20. The van der Waals surface area contributed by atoms with Crippen LogP contribution in [-0.4, -0.2) is 11.0 Å². The number of anilines is 1. The zero-order chi connectivity index (χ0) is 10.4. The van der Waals surface area contributed by atoms with Gasteiger partial charge in [-0.2, -0.15) is 0 Å². The molecule has 0 radical (unpaired) electrons. The topological polar surface area (TPSA) is 24.9 Å². The van der Waals surface area contributed by atoms with Gasteiger partial charge in [0.2, 0.25) is 0 Å². The van der Waals surface area contributed by atoms with Crippen LogP contribution in [0.2, 0.25) is 0 Å². The van der Waals surface area contributed by atoms with E-state index in [1.165, 1.54) is 5.56 Å². The van der Waals surface area contributed by atoms with Crippen molar-refractivity contribution in [3.8, 4) is 12.3 Å². The summed E-state index contributed by atoms with van der Waals surface area (Å²) in [6.07, 6.45) is 9.25. The fraction of sp³-hybridized carbons (Fsp3) is 0.417. The normalized spacial score (nSPS) is 11.8. The lowest BCUT2D eigenvalue weighted by atomic mass is 10.2. The van der Waals surface area contributed by atoms with Crippen LogP contribution in [0, 0.1) is 19.3 Å². The fourth-order valence-electron chi connectivity index (χ4n) is 1.28. The highest BCUT2D eigenvalue weighted by Gasteiger charge is 2.03. The highest BCUT2D eigenvalue weighted by molar-refractivity contribution is 5.39. The number of pyridine rings is 1. The number of nitrogens with one attached hydrogen (secondary N) is 1. The van der Waals surface area contributed by atoms with Gasteiger partial charge in [-0.05, 0) is 31.0 Å². The average molecular weight is 188 g/mol. The highest BCUT2D eigenvalue weighted by Crippen LogP contribution is 2.08. The first-order valence-corrected chi connectivity index (χ1v) is 4.91. The molecule has 0 aliphatic carbocycles. The standard InChI is InChI=1S/C12H16N2/c1-4-6-11(5-2)14-12-9-10(3)7-8-13-12/h2,7-9,11H,4,6H2,1,3H3,(H,13,14). The van der Waals surface area contributed by atoms with Gasteiger partial charge in [-0.3, -0.25) is 0 Å². The summed E-state index contributed by atoms with van der Waals surface area (Å²) in [5.74, 6) is 3.58. The van der Waals surface area contributed by atoms with E-state index in [2.05, 4.69) is 23.1 Å². The van der Waals surface area contributed by atoms with Gasteiger partial charge in [-0.1, -0.05) is 19.3 Å². The number of terminal acetylenes is 1. The number of aromatic nitrogens is 1. The molecule has 0 bridgehead atoms. The third-order valence-electron chi connectivity index (χ3n) is 2.02. The molecule has 1 aromatic heterocycles. The molecule has 2 heteroatoms. The summed E-state index contributed by atoms with van der Waals surface area (Å²) in [5.41, 5.74) is 1.19. The molecule has 74 valence electrons. The number of rotatable bonds is 4. The molecule has 1 atom stereocenters. The van der Waals surface area contributed by atoms with Crippen molar-refractivity contribution < 1.29 is 0 Å². The van der Waals surface area contributed by atoms with Gasteiger partial charge in [0.05, 0.1) is 6.04 Å². The minimum atomic E-state index is 0.0919. The molecule has 1 heterocycles. The maximum absolute atomic E-state index is 5.40. The van der Waals surface area contributed by atoms with Crippen LogP contribution >= 0.6 is 0 Å². The van der Waals surface area contributed by atoms with E-state index in [1.807, 2.05) is 19.1 Å². The Bertz CT molecular complexity index is 325. The van der Waals surface area contributed by atoms with Crippen molar-refractivity contribution in [2.45, 2.75) is 32.7 Å². The molecule has 0 saturated carbocycles. The summed E-state index contributed by atoms with van der Waals surface area (Å²) < 4.78 is 0. The van der Waals surface area contributed by atoms with Gasteiger partial charge < -0.3 is 5.32 Å². The predicted molar refractivity (Wildman–Crippen MR) is 60.1 cm³/mol. The van der Waals surface area contributed by atoms with Gasteiger partial charge in [-0.15, -0.1) is 6.42 Å². The van der Waals surface area contributed by atoms with Crippen LogP contribution in [0.3, 0.4) is 0 Å². The fourth-order valence-corrected chi connectivity index (χ4v) is 1.28. The molecule has 0 fully saturated rings. The van der Waals surface area contributed by atoms with E-state index in [1.54, 1.807) is 6.20 Å². The van der Waals surface area contributed by atoms with Crippen molar-refractivity contribution in [3.63, 3.8) is 0 Å². The minimum Gasteiger partial charge on any atom is -0.356 e. The van der Waals surface area contributed by atoms with Gasteiger partial charge in [0.25, 0.3) is 0 Å². The number of hydrogen-bond acceptors (Lipinski definition) is 2.